The van der Waals surface area contributed by atoms with Gasteiger partial charge in [-0.25, -0.2) is 0 Å². The van der Waals surface area contributed by atoms with Gasteiger partial charge in [0.15, 0.2) is 13.5 Å². The highest BCUT2D eigenvalue weighted by molar-refractivity contribution is 5.95. The SMILES string of the molecule is CC1=CC=C(N2COc3c(ccc4c5c(ccc34)CN(c3ccc(C)cc3)CO5)C2)C(C)C1. The molecule has 4 nitrogen and oxygen atoms in total. The van der Waals surface area contributed by atoms with Gasteiger partial charge in [0.2, 0.25) is 0 Å². The van der Waals surface area contributed by atoms with Gasteiger partial charge in [-0.3, -0.25) is 0 Å². The maximum atomic E-state index is 6.37. The monoisotopic (exact) mass is 438 g/mol. The number of rotatable bonds is 2. The van der Waals surface area contributed by atoms with Gasteiger partial charge >= 0.3 is 0 Å². The second kappa shape index (κ2) is 7.87. The van der Waals surface area contributed by atoms with Crippen LogP contribution in [0.3, 0.4) is 0 Å². The Morgan fingerprint density at radius 2 is 1.33 bits per heavy atom. The van der Waals surface area contributed by atoms with E-state index in [4.69, 9.17) is 9.47 Å². The van der Waals surface area contributed by atoms with Crippen molar-refractivity contribution >= 4 is 16.5 Å². The molecular weight excluding hydrogens is 408 g/mol. The smallest absolute Gasteiger partial charge is 0.161 e. The van der Waals surface area contributed by atoms with Gasteiger partial charge in [-0.05, 0) is 44.4 Å². The minimum absolute atomic E-state index is 0.525. The molecule has 0 spiro atoms. The van der Waals surface area contributed by atoms with Crippen LogP contribution >= 0.6 is 0 Å². The van der Waals surface area contributed by atoms with Crippen molar-refractivity contribution in [2.24, 2.45) is 5.92 Å². The van der Waals surface area contributed by atoms with Crippen molar-refractivity contribution in [2.45, 2.75) is 40.3 Å². The zero-order valence-corrected chi connectivity index (χ0v) is 19.6. The average molecular weight is 439 g/mol. The fraction of sp³-hybridized carbons (Fsp3) is 0.310. The number of benzene rings is 3. The van der Waals surface area contributed by atoms with Crippen molar-refractivity contribution in [3.05, 3.63) is 88.6 Å². The molecule has 168 valence electrons. The third-order valence-corrected chi connectivity index (χ3v) is 7.15. The first-order valence-corrected chi connectivity index (χ1v) is 11.8. The number of fused-ring (bicyclic) bond motifs is 5. The van der Waals surface area contributed by atoms with E-state index in [9.17, 15) is 0 Å². The Hall–Kier alpha value is -3.40. The Balaban J connectivity index is 1.29. The lowest BCUT2D eigenvalue weighted by molar-refractivity contribution is 0.118. The summed E-state index contributed by atoms with van der Waals surface area (Å²) in [6.07, 6.45) is 5.63. The topological polar surface area (TPSA) is 24.9 Å². The standard InChI is InChI=1S/C29H30N2O2/c1-19-4-9-24(10-5-19)30-15-22-7-11-26-25(28(22)32-17-30)12-8-23-16-31(18-33-29(23)26)27-13-6-20(2)14-21(27)3/h4-13,21H,14-18H2,1-3H3. The highest BCUT2D eigenvalue weighted by Gasteiger charge is 2.27. The Morgan fingerprint density at radius 1 is 0.727 bits per heavy atom. The lowest BCUT2D eigenvalue weighted by Gasteiger charge is -2.37. The summed E-state index contributed by atoms with van der Waals surface area (Å²) in [7, 11) is 0. The van der Waals surface area contributed by atoms with Crippen LogP contribution in [0, 0.1) is 12.8 Å². The zero-order chi connectivity index (χ0) is 22.5. The summed E-state index contributed by atoms with van der Waals surface area (Å²) < 4.78 is 12.7. The van der Waals surface area contributed by atoms with Crippen molar-refractivity contribution in [3.63, 3.8) is 0 Å². The molecule has 2 heterocycles. The predicted molar refractivity (Wildman–Crippen MR) is 133 cm³/mol. The van der Waals surface area contributed by atoms with Gasteiger partial charge in [0.1, 0.15) is 11.5 Å². The van der Waals surface area contributed by atoms with Crippen LogP contribution in [0.15, 0.2) is 72.0 Å². The minimum atomic E-state index is 0.525. The van der Waals surface area contributed by atoms with E-state index in [1.807, 2.05) is 0 Å². The molecule has 3 aromatic carbocycles. The van der Waals surface area contributed by atoms with E-state index < -0.39 is 0 Å². The van der Waals surface area contributed by atoms with E-state index in [1.54, 1.807) is 0 Å². The highest BCUT2D eigenvalue weighted by Crippen LogP contribution is 2.42. The van der Waals surface area contributed by atoms with Gasteiger partial charge in [-0.1, -0.05) is 60.5 Å². The Morgan fingerprint density at radius 3 is 1.97 bits per heavy atom. The van der Waals surface area contributed by atoms with E-state index >= 15 is 0 Å². The second-order valence-electron chi connectivity index (χ2n) is 9.69. The number of hydrogen-bond donors (Lipinski definition) is 0. The normalized spacial score (nSPS) is 19.8. The summed E-state index contributed by atoms with van der Waals surface area (Å²) in [4.78, 5) is 4.64. The van der Waals surface area contributed by atoms with Crippen molar-refractivity contribution in [1.82, 2.24) is 4.90 Å². The largest absolute Gasteiger partial charge is 0.472 e. The fourth-order valence-electron chi connectivity index (χ4n) is 5.37. The van der Waals surface area contributed by atoms with E-state index in [0.717, 1.165) is 41.8 Å². The summed E-state index contributed by atoms with van der Waals surface area (Å²) in [5.41, 5.74) is 7.74. The second-order valence-corrected chi connectivity index (χ2v) is 9.69. The minimum Gasteiger partial charge on any atom is -0.472 e. The van der Waals surface area contributed by atoms with Gasteiger partial charge in [0.05, 0.1) is 0 Å². The van der Waals surface area contributed by atoms with Crippen molar-refractivity contribution in [3.8, 4) is 11.5 Å². The molecule has 3 aromatic rings. The molecular formula is C29H30N2O2. The number of aryl methyl sites for hydroxylation is 1. The third-order valence-electron chi connectivity index (χ3n) is 7.15. The third kappa shape index (κ3) is 3.54. The molecule has 0 radical (unpaired) electrons. The molecule has 0 fully saturated rings. The van der Waals surface area contributed by atoms with Crippen molar-refractivity contribution in [2.75, 3.05) is 18.4 Å². The van der Waals surface area contributed by atoms with Gasteiger partial charge in [-0.2, -0.15) is 0 Å². The van der Waals surface area contributed by atoms with Crippen molar-refractivity contribution in [1.29, 1.82) is 0 Å². The average Bonchev–Trinajstić information content (AvgIpc) is 2.83. The van der Waals surface area contributed by atoms with Crippen LogP contribution in [0.4, 0.5) is 5.69 Å². The molecule has 0 aromatic heterocycles. The summed E-state index contributed by atoms with van der Waals surface area (Å²) in [6, 6.07) is 17.5. The summed E-state index contributed by atoms with van der Waals surface area (Å²) >= 11 is 0. The van der Waals surface area contributed by atoms with Crippen molar-refractivity contribution < 1.29 is 9.47 Å². The number of allylic oxidation sites excluding steroid dienone is 4. The predicted octanol–water partition coefficient (Wildman–Crippen LogP) is 6.53. The first-order valence-electron chi connectivity index (χ1n) is 11.8. The molecule has 33 heavy (non-hydrogen) atoms. The molecule has 0 bridgehead atoms. The summed E-state index contributed by atoms with van der Waals surface area (Å²) in [6.45, 7) is 9.51. The van der Waals surface area contributed by atoms with E-state index in [1.165, 1.54) is 33.6 Å². The molecule has 2 aliphatic heterocycles. The van der Waals surface area contributed by atoms with E-state index in [-0.39, 0.29) is 0 Å². The van der Waals surface area contributed by atoms with Crippen LogP contribution < -0.4 is 14.4 Å². The van der Waals surface area contributed by atoms with Crippen LogP contribution in [-0.2, 0) is 13.1 Å². The summed E-state index contributed by atoms with van der Waals surface area (Å²) in [5.74, 6) is 2.53. The zero-order valence-electron chi connectivity index (χ0n) is 19.6. The molecule has 1 aliphatic carbocycles. The molecule has 1 unspecified atom stereocenters. The van der Waals surface area contributed by atoms with Crippen LogP contribution in [0.2, 0.25) is 0 Å². The Labute approximate surface area is 195 Å². The van der Waals surface area contributed by atoms with Crippen LogP contribution in [-0.4, -0.2) is 18.4 Å². The van der Waals surface area contributed by atoms with Gasteiger partial charge in [-0.15, -0.1) is 0 Å². The van der Waals surface area contributed by atoms with Crippen LogP contribution in [0.1, 0.15) is 37.0 Å². The summed E-state index contributed by atoms with van der Waals surface area (Å²) in [5, 5.41) is 2.29. The number of hydrogen-bond acceptors (Lipinski definition) is 4. The first-order chi connectivity index (χ1) is 16.1. The molecule has 6 rings (SSSR count). The maximum Gasteiger partial charge on any atom is 0.161 e. The van der Waals surface area contributed by atoms with Crippen LogP contribution in [0.5, 0.6) is 11.5 Å². The lowest BCUT2D eigenvalue weighted by atomic mass is 9.92. The first kappa shape index (κ1) is 20.2. The molecule has 4 heteroatoms. The fourth-order valence-corrected chi connectivity index (χ4v) is 5.37. The molecule has 1 atom stereocenters. The van der Waals surface area contributed by atoms with Gasteiger partial charge < -0.3 is 19.3 Å². The number of anilines is 1. The molecule has 0 saturated carbocycles. The highest BCUT2D eigenvalue weighted by atomic mass is 16.5. The molecule has 0 saturated heterocycles. The number of nitrogens with zero attached hydrogens (tertiary/aromatic N) is 2. The van der Waals surface area contributed by atoms with Crippen LogP contribution in [0.25, 0.3) is 10.8 Å². The Bertz CT molecular complexity index is 1290. The lowest BCUT2D eigenvalue weighted by Crippen LogP contribution is -2.34. The maximum absolute atomic E-state index is 6.37. The van der Waals surface area contributed by atoms with Gasteiger partial charge in [0, 0.05) is 46.4 Å². The molecule has 0 N–H and O–H groups in total. The Kier molecular flexibility index (Phi) is 4.83. The van der Waals surface area contributed by atoms with E-state index in [0.29, 0.717) is 19.4 Å². The van der Waals surface area contributed by atoms with E-state index in [2.05, 4.69) is 91.3 Å². The molecule has 0 amide bonds. The molecule has 3 aliphatic rings. The van der Waals surface area contributed by atoms with Gasteiger partial charge in [0.25, 0.3) is 0 Å². The number of ether oxygens (including phenoxy) is 2. The quantitative estimate of drug-likeness (QED) is 0.454.